The molecule has 2 rings (SSSR count). The first-order chi connectivity index (χ1) is 9.52. The normalized spacial score (nSPS) is 32.7. The molecule has 20 heavy (non-hydrogen) atoms. The van der Waals surface area contributed by atoms with Gasteiger partial charge in [0.05, 0.1) is 0 Å². The first kappa shape index (κ1) is 15.1. The van der Waals surface area contributed by atoms with E-state index in [1.54, 1.807) is 0 Å². The van der Waals surface area contributed by atoms with Crippen LogP contribution in [0.25, 0.3) is 0 Å². The number of nitrogens with one attached hydrogen (secondary N) is 1. The summed E-state index contributed by atoms with van der Waals surface area (Å²) in [5.41, 5.74) is 5.26. The standard InChI is InChI=1S/C15H27N3O2/c1-3-11-6-8-15(9-7-11,14(16)18-20)17-13(19)10(2)12-4-5-12/h10-12,20H,3-9H2,1-2H3,(H2,16,18)(H,17,19). The number of nitrogens with two attached hydrogens (primary N) is 1. The number of carbonyl (C=O) groups is 1. The zero-order valence-corrected chi connectivity index (χ0v) is 12.6. The topological polar surface area (TPSA) is 87.7 Å². The van der Waals surface area contributed by atoms with E-state index in [1.807, 2.05) is 6.92 Å². The molecule has 114 valence electrons. The van der Waals surface area contributed by atoms with E-state index in [1.165, 1.54) is 0 Å². The van der Waals surface area contributed by atoms with Crippen molar-refractivity contribution in [1.82, 2.24) is 5.32 Å². The molecule has 0 aliphatic heterocycles. The van der Waals surface area contributed by atoms with Crippen LogP contribution in [-0.2, 0) is 4.79 Å². The van der Waals surface area contributed by atoms with E-state index in [-0.39, 0.29) is 17.7 Å². The van der Waals surface area contributed by atoms with Crippen molar-refractivity contribution in [2.45, 2.75) is 64.3 Å². The van der Waals surface area contributed by atoms with E-state index in [2.05, 4.69) is 17.4 Å². The predicted molar refractivity (Wildman–Crippen MR) is 78.4 cm³/mol. The van der Waals surface area contributed by atoms with Crippen molar-refractivity contribution in [2.75, 3.05) is 0 Å². The van der Waals surface area contributed by atoms with Gasteiger partial charge < -0.3 is 16.3 Å². The lowest BCUT2D eigenvalue weighted by Gasteiger charge is -2.40. The molecule has 1 atom stereocenters. The van der Waals surface area contributed by atoms with Crippen molar-refractivity contribution < 1.29 is 10.0 Å². The van der Waals surface area contributed by atoms with Crippen LogP contribution in [0.4, 0.5) is 0 Å². The second kappa shape index (κ2) is 6.02. The molecular formula is C15H27N3O2. The maximum atomic E-state index is 12.4. The van der Waals surface area contributed by atoms with Crippen LogP contribution < -0.4 is 11.1 Å². The molecule has 1 amide bonds. The summed E-state index contributed by atoms with van der Waals surface area (Å²) in [6.07, 6.45) is 7.01. The van der Waals surface area contributed by atoms with E-state index in [0.29, 0.717) is 11.8 Å². The summed E-state index contributed by atoms with van der Waals surface area (Å²) in [6.45, 7) is 4.17. The van der Waals surface area contributed by atoms with E-state index >= 15 is 0 Å². The van der Waals surface area contributed by atoms with Gasteiger partial charge in [0.1, 0.15) is 5.54 Å². The van der Waals surface area contributed by atoms with Crippen LogP contribution in [0, 0.1) is 17.8 Å². The van der Waals surface area contributed by atoms with Gasteiger partial charge in [-0.15, -0.1) is 0 Å². The van der Waals surface area contributed by atoms with Crippen LogP contribution in [0.15, 0.2) is 5.16 Å². The summed E-state index contributed by atoms with van der Waals surface area (Å²) in [4.78, 5) is 12.4. The summed E-state index contributed by atoms with van der Waals surface area (Å²) < 4.78 is 0. The van der Waals surface area contributed by atoms with Gasteiger partial charge in [-0.05, 0) is 50.4 Å². The van der Waals surface area contributed by atoms with Crippen LogP contribution in [0.5, 0.6) is 0 Å². The molecule has 2 fully saturated rings. The van der Waals surface area contributed by atoms with E-state index in [4.69, 9.17) is 10.9 Å². The predicted octanol–water partition coefficient (Wildman–Crippen LogP) is 2.23. The van der Waals surface area contributed by atoms with Gasteiger partial charge in [0.2, 0.25) is 5.91 Å². The Labute approximate surface area is 121 Å². The molecule has 2 saturated carbocycles. The molecule has 0 spiro atoms. The Hall–Kier alpha value is -1.26. The number of carbonyl (C=O) groups excluding carboxylic acids is 1. The molecular weight excluding hydrogens is 254 g/mol. The molecule has 0 bridgehead atoms. The fourth-order valence-corrected chi connectivity index (χ4v) is 3.28. The number of amidine groups is 1. The highest BCUT2D eigenvalue weighted by Gasteiger charge is 2.42. The van der Waals surface area contributed by atoms with Crippen LogP contribution in [0.3, 0.4) is 0 Å². The van der Waals surface area contributed by atoms with E-state index in [9.17, 15) is 4.79 Å². The number of oxime groups is 1. The summed E-state index contributed by atoms with van der Waals surface area (Å²) in [5.74, 6) is 1.44. The summed E-state index contributed by atoms with van der Waals surface area (Å²) in [6, 6.07) is 0. The number of amides is 1. The van der Waals surface area contributed by atoms with Crippen LogP contribution in [-0.4, -0.2) is 22.5 Å². The minimum Gasteiger partial charge on any atom is -0.409 e. The summed E-state index contributed by atoms with van der Waals surface area (Å²) >= 11 is 0. The smallest absolute Gasteiger partial charge is 0.223 e. The van der Waals surface area contributed by atoms with Crippen molar-refractivity contribution >= 4 is 11.7 Å². The zero-order chi connectivity index (χ0) is 14.8. The fraction of sp³-hybridized carbons (Fsp3) is 0.867. The lowest BCUT2D eigenvalue weighted by molar-refractivity contribution is -0.126. The van der Waals surface area contributed by atoms with E-state index < -0.39 is 5.54 Å². The molecule has 1 unspecified atom stereocenters. The number of nitrogens with zero attached hydrogens (tertiary/aromatic N) is 1. The van der Waals surface area contributed by atoms with Gasteiger partial charge in [-0.2, -0.15) is 0 Å². The van der Waals surface area contributed by atoms with Crippen LogP contribution in [0.1, 0.15) is 58.8 Å². The minimum atomic E-state index is -0.638. The lowest BCUT2D eigenvalue weighted by Crippen LogP contribution is -2.60. The SMILES string of the molecule is CCC1CCC(NC(=O)C(C)C2CC2)(C(N)=NO)CC1. The van der Waals surface area contributed by atoms with Gasteiger partial charge in [0.25, 0.3) is 0 Å². The van der Waals surface area contributed by atoms with E-state index in [0.717, 1.165) is 44.9 Å². The number of hydrogen-bond donors (Lipinski definition) is 3. The van der Waals surface area contributed by atoms with Crippen molar-refractivity contribution in [1.29, 1.82) is 0 Å². The molecule has 0 heterocycles. The molecule has 0 aromatic heterocycles. The van der Waals surface area contributed by atoms with Gasteiger partial charge in [-0.25, -0.2) is 0 Å². The first-order valence-electron chi connectivity index (χ1n) is 7.82. The highest BCUT2D eigenvalue weighted by atomic mass is 16.4. The number of rotatable bonds is 5. The average Bonchev–Trinajstić information content (AvgIpc) is 3.30. The van der Waals surface area contributed by atoms with Crippen LogP contribution >= 0.6 is 0 Å². The average molecular weight is 281 g/mol. The van der Waals surface area contributed by atoms with Gasteiger partial charge in [-0.3, -0.25) is 4.79 Å². The Morgan fingerprint density at radius 3 is 2.45 bits per heavy atom. The molecule has 0 aromatic rings. The minimum absolute atomic E-state index is 0.0299. The molecule has 2 aliphatic carbocycles. The number of hydrogen-bond acceptors (Lipinski definition) is 3. The quantitative estimate of drug-likeness (QED) is 0.312. The Morgan fingerprint density at radius 2 is 2.00 bits per heavy atom. The molecule has 0 radical (unpaired) electrons. The van der Waals surface area contributed by atoms with Crippen molar-refractivity contribution in [3.8, 4) is 0 Å². The first-order valence-corrected chi connectivity index (χ1v) is 7.82. The fourth-order valence-electron chi connectivity index (χ4n) is 3.28. The molecule has 5 heteroatoms. The van der Waals surface area contributed by atoms with Crippen molar-refractivity contribution in [3.05, 3.63) is 0 Å². The zero-order valence-electron chi connectivity index (χ0n) is 12.6. The Morgan fingerprint density at radius 1 is 1.40 bits per heavy atom. The molecule has 0 saturated heterocycles. The molecule has 5 nitrogen and oxygen atoms in total. The molecule has 4 N–H and O–H groups in total. The molecule has 0 aromatic carbocycles. The van der Waals surface area contributed by atoms with Crippen LogP contribution in [0.2, 0.25) is 0 Å². The third-order valence-electron chi connectivity index (χ3n) is 5.24. The lowest BCUT2D eigenvalue weighted by atomic mass is 9.74. The monoisotopic (exact) mass is 281 g/mol. The van der Waals surface area contributed by atoms with Gasteiger partial charge in [-0.1, -0.05) is 25.4 Å². The highest BCUT2D eigenvalue weighted by molar-refractivity contribution is 5.94. The Bertz CT molecular complexity index is 383. The third-order valence-corrected chi connectivity index (χ3v) is 5.24. The third kappa shape index (κ3) is 3.07. The summed E-state index contributed by atoms with van der Waals surface area (Å²) in [5, 5.41) is 15.3. The Kier molecular flexibility index (Phi) is 4.55. The summed E-state index contributed by atoms with van der Waals surface area (Å²) in [7, 11) is 0. The largest absolute Gasteiger partial charge is 0.409 e. The maximum Gasteiger partial charge on any atom is 0.223 e. The van der Waals surface area contributed by atoms with Gasteiger partial charge in [0.15, 0.2) is 5.84 Å². The van der Waals surface area contributed by atoms with Gasteiger partial charge in [0, 0.05) is 5.92 Å². The second-order valence-electron chi connectivity index (χ2n) is 6.53. The maximum absolute atomic E-state index is 12.4. The van der Waals surface area contributed by atoms with Crippen molar-refractivity contribution in [3.63, 3.8) is 0 Å². The van der Waals surface area contributed by atoms with Crippen molar-refractivity contribution in [2.24, 2.45) is 28.6 Å². The second-order valence-corrected chi connectivity index (χ2v) is 6.53. The Balaban J connectivity index is 2.06. The van der Waals surface area contributed by atoms with Gasteiger partial charge >= 0.3 is 0 Å². The highest BCUT2D eigenvalue weighted by Crippen LogP contribution is 2.38. The molecule has 2 aliphatic rings.